The predicted octanol–water partition coefficient (Wildman–Crippen LogP) is 2.80. The number of nitrogens with one attached hydrogen (secondary N) is 1. The molecule has 1 rings (SSSR count). The van der Waals surface area contributed by atoms with E-state index < -0.39 is 0 Å². The average molecular weight is 249 g/mol. The van der Waals surface area contributed by atoms with Crippen molar-refractivity contribution in [3.8, 4) is 0 Å². The Bertz CT molecular complexity index is 340. The SMILES string of the molecule is CCCCCCNC(=O)N(C)Cc1ccccn1. The molecule has 1 aromatic rings. The number of unbranched alkanes of at least 4 members (excludes halogenated alkanes) is 3. The van der Waals surface area contributed by atoms with Gasteiger partial charge in [0.15, 0.2) is 0 Å². The van der Waals surface area contributed by atoms with Gasteiger partial charge in [-0.05, 0) is 18.6 Å². The van der Waals surface area contributed by atoms with Crippen molar-refractivity contribution in [1.82, 2.24) is 15.2 Å². The van der Waals surface area contributed by atoms with Crippen LogP contribution in [0.4, 0.5) is 4.79 Å². The molecule has 0 saturated heterocycles. The van der Waals surface area contributed by atoms with Gasteiger partial charge in [0.2, 0.25) is 0 Å². The van der Waals surface area contributed by atoms with Crippen LogP contribution in [0.2, 0.25) is 0 Å². The molecule has 4 nitrogen and oxygen atoms in total. The summed E-state index contributed by atoms with van der Waals surface area (Å²) in [6.07, 6.45) is 6.43. The second kappa shape index (κ2) is 8.50. The molecule has 0 saturated carbocycles. The molecule has 1 N–H and O–H groups in total. The summed E-state index contributed by atoms with van der Waals surface area (Å²) >= 11 is 0. The van der Waals surface area contributed by atoms with Crippen molar-refractivity contribution in [3.05, 3.63) is 30.1 Å². The molecule has 100 valence electrons. The Morgan fingerprint density at radius 2 is 2.17 bits per heavy atom. The smallest absolute Gasteiger partial charge is 0.317 e. The van der Waals surface area contributed by atoms with Gasteiger partial charge in [-0.25, -0.2) is 4.79 Å². The van der Waals surface area contributed by atoms with Gasteiger partial charge in [-0.3, -0.25) is 4.98 Å². The van der Waals surface area contributed by atoms with Crippen LogP contribution in [0.3, 0.4) is 0 Å². The number of rotatable bonds is 7. The molecule has 0 aliphatic carbocycles. The molecule has 0 atom stereocenters. The highest BCUT2D eigenvalue weighted by Crippen LogP contribution is 2.00. The van der Waals surface area contributed by atoms with E-state index in [1.54, 1.807) is 18.1 Å². The molecule has 2 amide bonds. The lowest BCUT2D eigenvalue weighted by molar-refractivity contribution is 0.206. The maximum atomic E-state index is 11.8. The minimum absolute atomic E-state index is 0.0304. The van der Waals surface area contributed by atoms with Crippen LogP contribution in [0, 0.1) is 0 Å². The highest BCUT2D eigenvalue weighted by Gasteiger charge is 2.08. The Morgan fingerprint density at radius 1 is 1.33 bits per heavy atom. The number of hydrogen-bond donors (Lipinski definition) is 1. The van der Waals surface area contributed by atoms with Gasteiger partial charge in [-0.15, -0.1) is 0 Å². The van der Waals surface area contributed by atoms with E-state index in [4.69, 9.17) is 0 Å². The number of hydrogen-bond acceptors (Lipinski definition) is 2. The lowest BCUT2D eigenvalue weighted by Gasteiger charge is -2.17. The summed E-state index contributed by atoms with van der Waals surface area (Å²) < 4.78 is 0. The van der Waals surface area contributed by atoms with Crippen LogP contribution >= 0.6 is 0 Å². The predicted molar refractivity (Wildman–Crippen MR) is 73.2 cm³/mol. The summed E-state index contributed by atoms with van der Waals surface area (Å²) in [7, 11) is 1.79. The molecular weight excluding hydrogens is 226 g/mol. The Hall–Kier alpha value is -1.58. The first-order valence-corrected chi connectivity index (χ1v) is 6.63. The molecule has 0 aromatic carbocycles. The lowest BCUT2D eigenvalue weighted by atomic mass is 10.2. The monoisotopic (exact) mass is 249 g/mol. The van der Waals surface area contributed by atoms with Gasteiger partial charge >= 0.3 is 6.03 Å². The standard InChI is InChI=1S/C14H23N3O/c1-3-4-5-7-11-16-14(18)17(2)12-13-9-6-8-10-15-13/h6,8-10H,3-5,7,11-12H2,1-2H3,(H,16,18). The van der Waals surface area contributed by atoms with Gasteiger partial charge in [0, 0.05) is 19.8 Å². The van der Waals surface area contributed by atoms with Crippen LogP contribution in [0.1, 0.15) is 38.3 Å². The number of amides is 2. The highest BCUT2D eigenvalue weighted by molar-refractivity contribution is 5.73. The Morgan fingerprint density at radius 3 is 2.83 bits per heavy atom. The number of nitrogens with zero attached hydrogens (tertiary/aromatic N) is 2. The molecule has 0 bridgehead atoms. The fourth-order valence-electron chi connectivity index (χ4n) is 1.69. The first kappa shape index (κ1) is 14.5. The molecule has 0 aliphatic heterocycles. The Balaban J connectivity index is 2.21. The zero-order valence-electron chi connectivity index (χ0n) is 11.4. The van der Waals surface area contributed by atoms with Crippen LogP contribution < -0.4 is 5.32 Å². The number of pyridine rings is 1. The molecule has 1 heterocycles. The number of aromatic nitrogens is 1. The molecule has 0 unspecified atom stereocenters. The van der Waals surface area contributed by atoms with Crippen LogP contribution in [-0.4, -0.2) is 29.5 Å². The van der Waals surface area contributed by atoms with E-state index in [1.165, 1.54) is 19.3 Å². The normalized spacial score (nSPS) is 10.1. The molecule has 0 radical (unpaired) electrons. The van der Waals surface area contributed by atoms with Gasteiger partial charge in [-0.1, -0.05) is 32.3 Å². The van der Waals surface area contributed by atoms with Crippen molar-refractivity contribution in [1.29, 1.82) is 0 Å². The number of carbonyl (C=O) groups is 1. The largest absolute Gasteiger partial charge is 0.338 e. The molecule has 0 spiro atoms. The fourth-order valence-corrected chi connectivity index (χ4v) is 1.69. The maximum absolute atomic E-state index is 11.8. The van der Waals surface area contributed by atoms with Crippen molar-refractivity contribution in [2.75, 3.05) is 13.6 Å². The summed E-state index contributed by atoms with van der Waals surface area (Å²) in [6.45, 7) is 3.48. The number of carbonyl (C=O) groups excluding carboxylic acids is 1. The van der Waals surface area contributed by atoms with E-state index in [9.17, 15) is 4.79 Å². The van der Waals surface area contributed by atoms with Crippen molar-refractivity contribution in [3.63, 3.8) is 0 Å². The van der Waals surface area contributed by atoms with Gasteiger partial charge < -0.3 is 10.2 Å². The first-order valence-electron chi connectivity index (χ1n) is 6.63. The minimum atomic E-state index is -0.0304. The molecule has 0 aliphatic rings. The van der Waals surface area contributed by atoms with E-state index in [1.807, 2.05) is 18.2 Å². The average Bonchev–Trinajstić information content (AvgIpc) is 2.39. The summed E-state index contributed by atoms with van der Waals surface area (Å²) in [6, 6.07) is 5.69. The zero-order valence-corrected chi connectivity index (χ0v) is 11.4. The molecule has 4 heteroatoms. The van der Waals surface area contributed by atoms with E-state index in [0.717, 1.165) is 18.7 Å². The van der Waals surface area contributed by atoms with Gasteiger partial charge in [-0.2, -0.15) is 0 Å². The van der Waals surface area contributed by atoms with Crippen molar-refractivity contribution in [2.45, 2.75) is 39.2 Å². The number of urea groups is 1. The van der Waals surface area contributed by atoms with E-state index >= 15 is 0 Å². The molecular formula is C14H23N3O. The third-order valence-electron chi connectivity index (χ3n) is 2.78. The second-order valence-corrected chi connectivity index (χ2v) is 4.47. The summed E-state index contributed by atoms with van der Waals surface area (Å²) in [5.41, 5.74) is 0.904. The summed E-state index contributed by atoms with van der Waals surface area (Å²) in [4.78, 5) is 17.6. The zero-order chi connectivity index (χ0) is 13.2. The van der Waals surface area contributed by atoms with Crippen LogP contribution in [0.25, 0.3) is 0 Å². The quantitative estimate of drug-likeness (QED) is 0.755. The van der Waals surface area contributed by atoms with Crippen molar-refractivity contribution in [2.24, 2.45) is 0 Å². The van der Waals surface area contributed by atoms with E-state index in [0.29, 0.717) is 6.54 Å². The third-order valence-corrected chi connectivity index (χ3v) is 2.78. The Labute approximate surface area is 109 Å². The van der Waals surface area contributed by atoms with Gasteiger partial charge in [0.05, 0.1) is 12.2 Å². The van der Waals surface area contributed by atoms with E-state index in [2.05, 4.69) is 17.2 Å². The van der Waals surface area contributed by atoms with Crippen LogP contribution in [-0.2, 0) is 6.54 Å². The van der Waals surface area contributed by atoms with Crippen LogP contribution in [0.15, 0.2) is 24.4 Å². The third kappa shape index (κ3) is 5.66. The molecule has 1 aromatic heterocycles. The minimum Gasteiger partial charge on any atom is -0.338 e. The highest BCUT2D eigenvalue weighted by atomic mass is 16.2. The van der Waals surface area contributed by atoms with Crippen LogP contribution in [0.5, 0.6) is 0 Å². The van der Waals surface area contributed by atoms with E-state index in [-0.39, 0.29) is 6.03 Å². The first-order chi connectivity index (χ1) is 8.74. The summed E-state index contributed by atoms with van der Waals surface area (Å²) in [5.74, 6) is 0. The van der Waals surface area contributed by atoms with Gasteiger partial charge in [0.25, 0.3) is 0 Å². The molecule has 18 heavy (non-hydrogen) atoms. The fraction of sp³-hybridized carbons (Fsp3) is 0.571. The summed E-state index contributed by atoms with van der Waals surface area (Å²) in [5, 5.41) is 2.92. The lowest BCUT2D eigenvalue weighted by Crippen LogP contribution is -2.37. The Kier molecular flexibility index (Phi) is 6.84. The topological polar surface area (TPSA) is 45.2 Å². The van der Waals surface area contributed by atoms with Crippen molar-refractivity contribution < 1.29 is 4.79 Å². The molecule has 0 fully saturated rings. The van der Waals surface area contributed by atoms with Gasteiger partial charge in [0.1, 0.15) is 0 Å². The second-order valence-electron chi connectivity index (χ2n) is 4.47. The maximum Gasteiger partial charge on any atom is 0.317 e. The van der Waals surface area contributed by atoms with Crippen molar-refractivity contribution >= 4 is 6.03 Å².